The molecule has 1 heterocycles. The van der Waals surface area contributed by atoms with Gasteiger partial charge in [0.05, 0.1) is 13.3 Å². The van der Waals surface area contributed by atoms with Gasteiger partial charge in [0.2, 0.25) is 0 Å². The molecule has 0 bridgehead atoms. The minimum absolute atomic E-state index is 0.0734. The second-order valence-electron chi connectivity index (χ2n) is 5.74. The number of hydrogen-bond acceptors (Lipinski definition) is 5. The van der Waals surface area contributed by atoms with Crippen molar-refractivity contribution in [2.24, 2.45) is 5.10 Å². The Morgan fingerprint density at radius 1 is 1.20 bits per heavy atom. The van der Waals surface area contributed by atoms with Crippen LogP contribution in [0.4, 0.5) is 4.79 Å². The third-order valence-corrected chi connectivity index (χ3v) is 4.03. The summed E-state index contributed by atoms with van der Waals surface area (Å²) in [5.74, 6) is 0.242. The number of rotatable bonds is 4. The van der Waals surface area contributed by atoms with Crippen molar-refractivity contribution in [2.45, 2.75) is 12.5 Å². The van der Waals surface area contributed by atoms with Crippen LogP contribution in [0.1, 0.15) is 18.1 Å². The monoisotopic (exact) mass is 339 g/mol. The lowest BCUT2D eigenvalue weighted by atomic mass is 9.92. The minimum Gasteiger partial charge on any atom is -0.508 e. The maximum Gasteiger partial charge on any atom is 0.346 e. The molecule has 1 fully saturated rings. The van der Waals surface area contributed by atoms with Gasteiger partial charge in [-0.15, -0.1) is 5.01 Å². The maximum absolute atomic E-state index is 12.7. The zero-order valence-corrected chi connectivity index (χ0v) is 13.8. The molecule has 2 aromatic carbocycles. The number of aromatic hydroxyl groups is 1. The van der Waals surface area contributed by atoms with E-state index in [9.17, 15) is 14.7 Å². The average Bonchev–Trinajstić information content (AvgIpc) is 2.83. The second-order valence-corrected chi connectivity index (χ2v) is 5.74. The Labute approximate surface area is 144 Å². The molecule has 3 rings (SSSR count). The van der Waals surface area contributed by atoms with Crippen LogP contribution < -0.4 is 10.1 Å². The lowest BCUT2D eigenvalue weighted by Crippen LogP contribution is -2.40. The fourth-order valence-corrected chi connectivity index (χ4v) is 2.58. The molecule has 7 nitrogen and oxygen atoms in total. The summed E-state index contributed by atoms with van der Waals surface area (Å²) in [5.41, 5.74) is -0.0140. The van der Waals surface area contributed by atoms with Crippen molar-refractivity contribution >= 4 is 18.2 Å². The van der Waals surface area contributed by atoms with Crippen LogP contribution in [-0.2, 0) is 10.3 Å². The van der Waals surface area contributed by atoms with Crippen LogP contribution in [-0.4, -0.2) is 35.4 Å². The number of nitrogens with one attached hydrogen (secondary N) is 1. The Balaban J connectivity index is 1.86. The third kappa shape index (κ3) is 3.03. The van der Waals surface area contributed by atoms with E-state index in [1.807, 2.05) is 0 Å². The topological polar surface area (TPSA) is 91.2 Å². The highest BCUT2D eigenvalue weighted by Crippen LogP contribution is 2.30. The molecule has 1 aliphatic heterocycles. The van der Waals surface area contributed by atoms with Crippen molar-refractivity contribution < 1.29 is 19.4 Å². The average molecular weight is 339 g/mol. The summed E-state index contributed by atoms with van der Waals surface area (Å²) in [7, 11) is 1.55. The predicted molar refractivity (Wildman–Crippen MR) is 91.4 cm³/mol. The lowest BCUT2D eigenvalue weighted by molar-refractivity contribution is -0.131. The number of phenols is 1. The Bertz CT molecular complexity index is 848. The molecule has 0 radical (unpaired) electrons. The Morgan fingerprint density at radius 3 is 2.56 bits per heavy atom. The SMILES string of the molecule is COc1ccc([C@]2(C)NC(=O)N(/N=C\c3cccc(O)c3)C2=O)cc1. The first-order chi connectivity index (χ1) is 11.9. The third-order valence-electron chi connectivity index (χ3n) is 4.03. The molecule has 3 amide bonds. The molecule has 128 valence electrons. The van der Waals surface area contributed by atoms with Crippen LogP contribution in [0, 0.1) is 0 Å². The zero-order chi connectivity index (χ0) is 18.0. The van der Waals surface area contributed by atoms with Gasteiger partial charge in [-0.05, 0) is 42.3 Å². The van der Waals surface area contributed by atoms with Crippen LogP contribution >= 0.6 is 0 Å². The van der Waals surface area contributed by atoms with Crippen LogP contribution in [0.2, 0.25) is 0 Å². The predicted octanol–water partition coefficient (Wildman–Crippen LogP) is 2.20. The van der Waals surface area contributed by atoms with Gasteiger partial charge in [-0.3, -0.25) is 4.79 Å². The summed E-state index contributed by atoms with van der Waals surface area (Å²) in [6, 6.07) is 12.6. The number of hydrazone groups is 1. The minimum atomic E-state index is -1.21. The number of hydrogen-bond donors (Lipinski definition) is 2. The van der Waals surface area contributed by atoms with Gasteiger partial charge in [0.1, 0.15) is 17.0 Å². The van der Waals surface area contributed by atoms with Gasteiger partial charge in [-0.25, -0.2) is 4.79 Å². The van der Waals surface area contributed by atoms with Gasteiger partial charge < -0.3 is 15.2 Å². The van der Waals surface area contributed by atoms with E-state index in [-0.39, 0.29) is 5.75 Å². The molecule has 0 unspecified atom stereocenters. The Hall–Kier alpha value is -3.35. The second kappa shape index (κ2) is 6.27. The van der Waals surface area contributed by atoms with Gasteiger partial charge in [0.25, 0.3) is 5.91 Å². The van der Waals surface area contributed by atoms with Crippen LogP contribution in [0.25, 0.3) is 0 Å². The quantitative estimate of drug-likeness (QED) is 0.660. The molecule has 0 aliphatic carbocycles. The summed E-state index contributed by atoms with van der Waals surface area (Å²) in [5, 5.41) is 16.9. The highest BCUT2D eigenvalue weighted by atomic mass is 16.5. The van der Waals surface area contributed by atoms with E-state index in [1.165, 1.54) is 18.3 Å². The summed E-state index contributed by atoms with van der Waals surface area (Å²) in [6.45, 7) is 1.62. The van der Waals surface area contributed by atoms with E-state index >= 15 is 0 Å². The van der Waals surface area contributed by atoms with E-state index in [0.29, 0.717) is 16.9 Å². The molecule has 7 heteroatoms. The maximum atomic E-state index is 12.7. The fourth-order valence-electron chi connectivity index (χ4n) is 2.58. The number of benzene rings is 2. The first-order valence-electron chi connectivity index (χ1n) is 7.58. The van der Waals surface area contributed by atoms with Gasteiger partial charge >= 0.3 is 6.03 Å². The number of phenolic OH excluding ortho intramolecular Hbond substituents is 1. The normalized spacial score (nSPS) is 20.2. The summed E-state index contributed by atoms with van der Waals surface area (Å²) in [4.78, 5) is 24.9. The number of nitrogens with zero attached hydrogens (tertiary/aromatic N) is 2. The molecule has 0 aromatic heterocycles. The Kier molecular flexibility index (Phi) is 4.14. The Morgan fingerprint density at radius 2 is 1.92 bits per heavy atom. The molecule has 1 saturated heterocycles. The van der Waals surface area contributed by atoms with Gasteiger partial charge in [0.15, 0.2) is 0 Å². The summed E-state index contributed by atoms with van der Waals surface area (Å²) >= 11 is 0. The number of methoxy groups -OCH3 is 1. The van der Waals surface area contributed by atoms with Gasteiger partial charge in [-0.2, -0.15) is 5.10 Å². The number of carbonyl (C=O) groups excluding carboxylic acids is 2. The highest BCUT2D eigenvalue weighted by molar-refractivity contribution is 6.07. The number of urea groups is 1. The van der Waals surface area contributed by atoms with E-state index in [2.05, 4.69) is 10.4 Å². The number of imide groups is 1. The van der Waals surface area contributed by atoms with E-state index in [4.69, 9.17) is 4.74 Å². The van der Waals surface area contributed by atoms with E-state index < -0.39 is 17.5 Å². The molecule has 0 spiro atoms. The number of amides is 3. The van der Waals surface area contributed by atoms with Crippen molar-refractivity contribution in [3.63, 3.8) is 0 Å². The number of carbonyl (C=O) groups is 2. The molecular weight excluding hydrogens is 322 g/mol. The highest BCUT2D eigenvalue weighted by Gasteiger charge is 2.49. The van der Waals surface area contributed by atoms with E-state index in [1.54, 1.807) is 50.4 Å². The standard InChI is InChI=1S/C18H17N3O4/c1-18(13-6-8-15(25-2)9-7-13)16(23)21(17(24)20-18)19-11-12-4-3-5-14(22)10-12/h3-11,22H,1-2H3,(H,20,24)/b19-11-/t18-/m0/s1. The summed E-state index contributed by atoms with van der Waals surface area (Å²) in [6.07, 6.45) is 1.34. The molecule has 25 heavy (non-hydrogen) atoms. The first kappa shape index (κ1) is 16.5. The van der Waals surface area contributed by atoms with Crippen molar-refractivity contribution in [1.82, 2.24) is 10.3 Å². The first-order valence-corrected chi connectivity index (χ1v) is 7.58. The van der Waals surface area contributed by atoms with Gasteiger partial charge in [0, 0.05) is 0 Å². The van der Waals surface area contributed by atoms with Crippen molar-refractivity contribution in [2.75, 3.05) is 7.11 Å². The van der Waals surface area contributed by atoms with E-state index in [0.717, 1.165) is 5.01 Å². The van der Waals surface area contributed by atoms with Crippen LogP contribution in [0.3, 0.4) is 0 Å². The molecule has 0 saturated carbocycles. The van der Waals surface area contributed by atoms with Crippen molar-refractivity contribution in [1.29, 1.82) is 0 Å². The molecular formula is C18H17N3O4. The van der Waals surface area contributed by atoms with Crippen molar-refractivity contribution in [3.8, 4) is 11.5 Å². The molecule has 2 aromatic rings. The van der Waals surface area contributed by atoms with Crippen LogP contribution in [0.15, 0.2) is 53.6 Å². The lowest BCUT2D eigenvalue weighted by Gasteiger charge is -2.21. The van der Waals surface area contributed by atoms with Crippen molar-refractivity contribution in [3.05, 3.63) is 59.7 Å². The smallest absolute Gasteiger partial charge is 0.346 e. The molecule has 1 aliphatic rings. The molecule has 2 N–H and O–H groups in total. The van der Waals surface area contributed by atoms with Crippen LogP contribution in [0.5, 0.6) is 11.5 Å². The molecule has 1 atom stereocenters. The fraction of sp³-hybridized carbons (Fsp3) is 0.167. The van der Waals surface area contributed by atoms with Gasteiger partial charge in [-0.1, -0.05) is 24.3 Å². The summed E-state index contributed by atoms with van der Waals surface area (Å²) < 4.78 is 5.10. The zero-order valence-electron chi connectivity index (χ0n) is 13.8. The largest absolute Gasteiger partial charge is 0.508 e. The number of ether oxygens (including phenoxy) is 1.